The van der Waals surface area contributed by atoms with E-state index in [-0.39, 0.29) is 12.4 Å². The van der Waals surface area contributed by atoms with Gasteiger partial charge in [-0.2, -0.15) is 0 Å². The van der Waals surface area contributed by atoms with Gasteiger partial charge in [0.15, 0.2) is 6.29 Å². The molecular weight excluding hydrogens is 224 g/mol. The van der Waals surface area contributed by atoms with Crippen molar-refractivity contribution in [3.8, 4) is 11.8 Å². The Balaban J connectivity index is 4.69. The van der Waals surface area contributed by atoms with Crippen molar-refractivity contribution in [2.45, 2.75) is 65.8 Å². The van der Waals surface area contributed by atoms with Gasteiger partial charge in [0, 0.05) is 18.6 Å². The molecule has 0 amide bonds. The molecule has 0 fully saturated rings. The van der Waals surface area contributed by atoms with Gasteiger partial charge < -0.3 is 9.47 Å². The Morgan fingerprint density at radius 1 is 1.28 bits per heavy atom. The van der Waals surface area contributed by atoms with Gasteiger partial charge >= 0.3 is 0 Å². The maximum absolute atomic E-state index is 5.81. The normalized spacial score (nSPS) is 13.1. The van der Waals surface area contributed by atoms with Crippen molar-refractivity contribution < 1.29 is 9.47 Å². The molecule has 0 heterocycles. The quantitative estimate of drug-likeness (QED) is 0.367. The molecule has 2 heteroatoms. The van der Waals surface area contributed by atoms with Crippen molar-refractivity contribution in [1.29, 1.82) is 0 Å². The molecule has 0 radical (unpaired) electrons. The van der Waals surface area contributed by atoms with E-state index >= 15 is 0 Å². The van der Waals surface area contributed by atoms with E-state index in [1.165, 1.54) is 0 Å². The lowest BCUT2D eigenvalue weighted by atomic mass is 10.0. The summed E-state index contributed by atoms with van der Waals surface area (Å²) in [5.74, 6) is 6.19. The van der Waals surface area contributed by atoms with Crippen molar-refractivity contribution in [3.63, 3.8) is 0 Å². The Hall–Kier alpha value is -1.00. The van der Waals surface area contributed by atoms with E-state index in [4.69, 9.17) is 9.47 Å². The minimum atomic E-state index is -0.254. The summed E-state index contributed by atoms with van der Waals surface area (Å²) in [5, 5.41) is 0. The van der Waals surface area contributed by atoms with Crippen LogP contribution in [0, 0.1) is 11.8 Å². The average Bonchev–Trinajstić information content (AvgIpc) is 2.36. The largest absolute Gasteiger partial charge is 0.353 e. The SMILES string of the molecule is C=C=C(CCCC)[C@H](C#CCC)OC(C)OCC. The van der Waals surface area contributed by atoms with E-state index in [1.54, 1.807) is 0 Å². The zero-order valence-corrected chi connectivity index (χ0v) is 12.2. The van der Waals surface area contributed by atoms with Gasteiger partial charge in [-0.1, -0.05) is 32.8 Å². The Bertz CT molecular complexity index is 316. The van der Waals surface area contributed by atoms with Gasteiger partial charge in [0.05, 0.1) is 0 Å². The molecule has 1 unspecified atom stereocenters. The molecule has 0 bridgehead atoms. The van der Waals surface area contributed by atoms with Gasteiger partial charge in [-0.05, 0) is 26.7 Å². The molecule has 0 aromatic carbocycles. The molecule has 18 heavy (non-hydrogen) atoms. The summed E-state index contributed by atoms with van der Waals surface area (Å²) >= 11 is 0. The number of hydrogen-bond acceptors (Lipinski definition) is 2. The molecule has 0 saturated heterocycles. The van der Waals surface area contributed by atoms with E-state index in [0.29, 0.717) is 6.61 Å². The molecule has 0 rings (SSSR count). The molecule has 0 aromatic heterocycles. The molecule has 0 aromatic rings. The van der Waals surface area contributed by atoms with Crippen molar-refractivity contribution in [3.05, 3.63) is 17.9 Å². The molecule has 2 atom stereocenters. The van der Waals surface area contributed by atoms with E-state index in [2.05, 4.69) is 31.1 Å². The van der Waals surface area contributed by atoms with Crippen LogP contribution in [0.5, 0.6) is 0 Å². The van der Waals surface area contributed by atoms with Crippen molar-refractivity contribution >= 4 is 0 Å². The molecule has 0 aliphatic rings. The van der Waals surface area contributed by atoms with E-state index in [1.807, 2.05) is 20.8 Å². The lowest BCUT2D eigenvalue weighted by molar-refractivity contribution is -0.136. The fourth-order valence-corrected chi connectivity index (χ4v) is 1.54. The predicted octanol–water partition coefficient (Wildman–Crippen LogP) is 4.07. The zero-order chi connectivity index (χ0) is 13.8. The maximum Gasteiger partial charge on any atom is 0.156 e. The zero-order valence-electron chi connectivity index (χ0n) is 12.2. The standard InChI is InChI=1S/C16H26O2/c1-6-10-12-15(8-3)16(13-11-7-2)18-14(5)17-9-4/h14,16H,3,6-7,9-10,12H2,1-2,4-5H3/t14?,16-/m0/s1. The fraction of sp³-hybridized carbons (Fsp3) is 0.688. The van der Waals surface area contributed by atoms with Crippen molar-refractivity contribution in [1.82, 2.24) is 0 Å². The molecule has 0 saturated carbocycles. The first kappa shape index (κ1) is 17.0. The van der Waals surface area contributed by atoms with Crippen LogP contribution in [0.25, 0.3) is 0 Å². The highest BCUT2D eigenvalue weighted by atomic mass is 16.7. The third-order valence-corrected chi connectivity index (χ3v) is 2.48. The second kappa shape index (κ2) is 11.1. The lowest BCUT2D eigenvalue weighted by Crippen LogP contribution is -2.23. The Kier molecular flexibility index (Phi) is 10.5. The van der Waals surface area contributed by atoms with E-state index < -0.39 is 0 Å². The minimum absolute atomic E-state index is 0.240. The smallest absolute Gasteiger partial charge is 0.156 e. The van der Waals surface area contributed by atoms with Crippen LogP contribution in [0.15, 0.2) is 17.9 Å². The lowest BCUT2D eigenvalue weighted by Gasteiger charge is -2.19. The van der Waals surface area contributed by atoms with Crippen LogP contribution in [-0.4, -0.2) is 19.0 Å². The summed E-state index contributed by atoms with van der Waals surface area (Å²) in [6, 6.07) is 0. The van der Waals surface area contributed by atoms with E-state index in [0.717, 1.165) is 31.3 Å². The molecule has 0 spiro atoms. The number of rotatable bonds is 8. The molecule has 0 aliphatic carbocycles. The van der Waals surface area contributed by atoms with Crippen LogP contribution in [0.2, 0.25) is 0 Å². The van der Waals surface area contributed by atoms with Crippen LogP contribution in [0.4, 0.5) is 0 Å². The summed E-state index contributed by atoms with van der Waals surface area (Å²) in [6.07, 6.45) is 3.50. The first-order chi connectivity index (χ1) is 8.69. The predicted molar refractivity (Wildman–Crippen MR) is 76.2 cm³/mol. The molecule has 102 valence electrons. The van der Waals surface area contributed by atoms with Gasteiger partial charge in [-0.25, -0.2) is 0 Å². The third kappa shape index (κ3) is 7.35. The van der Waals surface area contributed by atoms with Crippen LogP contribution < -0.4 is 0 Å². The first-order valence-corrected chi connectivity index (χ1v) is 6.83. The van der Waals surface area contributed by atoms with Gasteiger partial charge in [0.25, 0.3) is 0 Å². The fourth-order valence-electron chi connectivity index (χ4n) is 1.54. The average molecular weight is 250 g/mol. The maximum atomic E-state index is 5.81. The van der Waals surface area contributed by atoms with Crippen LogP contribution in [-0.2, 0) is 9.47 Å². The molecule has 0 N–H and O–H groups in total. The van der Waals surface area contributed by atoms with Crippen LogP contribution >= 0.6 is 0 Å². The second-order valence-corrected chi connectivity index (χ2v) is 4.02. The monoisotopic (exact) mass is 250 g/mol. The van der Waals surface area contributed by atoms with Crippen LogP contribution in [0.1, 0.15) is 53.4 Å². The molecular formula is C16H26O2. The number of ether oxygens (including phenoxy) is 2. The van der Waals surface area contributed by atoms with Crippen LogP contribution in [0.3, 0.4) is 0 Å². The van der Waals surface area contributed by atoms with Crippen molar-refractivity contribution in [2.24, 2.45) is 0 Å². The summed E-state index contributed by atoms with van der Waals surface area (Å²) in [7, 11) is 0. The van der Waals surface area contributed by atoms with Gasteiger partial charge in [-0.15, -0.1) is 11.7 Å². The van der Waals surface area contributed by atoms with Gasteiger partial charge in [-0.3, -0.25) is 0 Å². The minimum Gasteiger partial charge on any atom is -0.353 e. The summed E-state index contributed by atoms with van der Waals surface area (Å²) in [5.41, 5.74) is 4.01. The topological polar surface area (TPSA) is 18.5 Å². The highest BCUT2D eigenvalue weighted by Crippen LogP contribution is 2.15. The highest BCUT2D eigenvalue weighted by Gasteiger charge is 2.15. The first-order valence-electron chi connectivity index (χ1n) is 6.83. The van der Waals surface area contributed by atoms with E-state index in [9.17, 15) is 0 Å². The molecule has 2 nitrogen and oxygen atoms in total. The number of unbranched alkanes of at least 4 members (excludes halogenated alkanes) is 1. The highest BCUT2D eigenvalue weighted by molar-refractivity contribution is 5.21. The van der Waals surface area contributed by atoms with Crippen molar-refractivity contribution in [2.75, 3.05) is 6.61 Å². The Morgan fingerprint density at radius 2 is 2.00 bits per heavy atom. The Labute approximate surface area is 112 Å². The summed E-state index contributed by atoms with van der Waals surface area (Å²) in [6.45, 7) is 12.4. The molecule has 0 aliphatic heterocycles. The van der Waals surface area contributed by atoms with Gasteiger partial charge in [0.2, 0.25) is 0 Å². The summed E-state index contributed by atoms with van der Waals surface area (Å²) < 4.78 is 11.2. The van der Waals surface area contributed by atoms with Gasteiger partial charge in [0.1, 0.15) is 6.10 Å². The second-order valence-electron chi connectivity index (χ2n) is 4.02. The third-order valence-electron chi connectivity index (χ3n) is 2.48. The Morgan fingerprint density at radius 3 is 2.50 bits per heavy atom. The number of hydrogen-bond donors (Lipinski definition) is 0. The summed E-state index contributed by atoms with van der Waals surface area (Å²) in [4.78, 5) is 0.